The Morgan fingerprint density at radius 2 is 1.72 bits per heavy atom. The van der Waals surface area contributed by atoms with Gasteiger partial charge in [-0.3, -0.25) is 4.79 Å². The number of phenols is 1. The molecule has 3 rings (SSSR count). The third kappa shape index (κ3) is 5.46. The fraction of sp³-hybridized carbons (Fsp3) is 0.536. The third-order valence-electron chi connectivity index (χ3n) is 6.70. The number of aromatic hydroxyl groups is 1. The number of aryl methyl sites for hydroxylation is 1. The van der Waals surface area contributed by atoms with E-state index in [1.165, 1.54) is 12.0 Å². The number of amides is 1. The number of rotatable bonds is 5. The van der Waals surface area contributed by atoms with Crippen LogP contribution < -0.4 is 4.74 Å². The Hall–Kier alpha value is -2.49. The van der Waals surface area contributed by atoms with Crippen LogP contribution in [-0.4, -0.2) is 36.1 Å². The van der Waals surface area contributed by atoms with E-state index < -0.39 is 0 Å². The fourth-order valence-electron chi connectivity index (χ4n) is 5.09. The SMILES string of the molecule is COc1cc(C)c(C(CC(=O)N2CC(C)CC(C)C2)c2ccc(C(C)(C)C)cc2)c(O)c1. The molecule has 3 unspecified atom stereocenters. The van der Waals surface area contributed by atoms with Gasteiger partial charge in [-0.1, -0.05) is 58.9 Å². The van der Waals surface area contributed by atoms with Crippen molar-refractivity contribution in [2.75, 3.05) is 20.2 Å². The van der Waals surface area contributed by atoms with Crippen LogP contribution in [0.15, 0.2) is 36.4 Å². The number of piperidine rings is 1. The summed E-state index contributed by atoms with van der Waals surface area (Å²) in [5.74, 6) is 1.78. The molecule has 3 atom stereocenters. The number of likely N-dealkylation sites (tertiary alicyclic amines) is 1. The van der Waals surface area contributed by atoms with E-state index in [9.17, 15) is 9.90 Å². The summed E-state index contributed by atoms with van der Waals surface area (Å²) >= 11 is 0. The molecule has 1 aliphatic heterocycles. The summed E-state index contributed by atoms with van der Waals surface area (Å²) in [6.45, 7) is 14.6. The molecule has 4 heteroatoms. The van der Waals surface area contributed by atoms with Gasteiger partial charge in [0.05, 0.1) is 7.11 Å². The lowest BCUT2D eigenvalue weighted by molar-refractivity contribution is -0.134. The van der Waals surface area contributed by atoms with Gasteiger partial charge in [0, 0.05) is 37.1 Å². The smallest absolute Gasteiger partial charge is 0.223 e. The van der Waals surface area contributed by atoms with Crippen LogP contribution in [-0.2, 0) is 10.2 Å². The minimum Gasteiger partial charge on any atom is -0.507 e. The zero-order valence-electron chi connectivity index (χ0n) is 20.7. The Balaban J connectivity index is 1.99. The van der Waals surface area contributed by atoms with Crippen LogP contribution in [0.5, 0.6) is 11.5 Å². The molecule has 0 saturated carbocycles. The summed E-state index contributed by atoms with van der Waals surface area (Å²) in [7, 11) is 1.60. The van der Waals surface area contributed by atoms with Gasteiger partial charge in [-0.25, -0.2) is 0 Å². The number of hydrogen-bond donors (Lipinski definition) is 1. The van der Waals surface area contributed by atoms with E-state index in [2.05, 4.69) is 58.9 Å². The highest BCUT2D eigenvalue weighted by Gasteiger charge is 2.30. The maximum absolute atomic E-state index is 13.4. The Bertz CT molecular complexity index is 909. The van der Waals surface area contributed by atoms with Gasteiger partial charge in [-0.15, -0.1) is 0 Å². The van der Waals surface area contributed by atoms with Crippen LogP contribution >= 0.6 is 0 Å². The van der Waals surface area contributed by atoms with Crippen molar-refractivity contribution in [2.24, 2.45) is 11.8 Å². The van der Waals surface area contributed by atoms with Crippen LogP contribution in [0.2, 0.25) is 0 Å². The molecule has 0 aromatic heterocycles. The lowest BCUT2D eigenvalue weighted by Crippen LogP contribution is -2.43. The Kier molecular flexibility index (Phi) is 7.22. The molecule has 32 heavy (non-hydrogen) atoms. The Morgan fingerprint density at radius 1 is 1.12 bits per heavy atom. The summed E-state index contributed by atoms with van der Waals surface area (Å²) in [6, 6.07) is 12.1. The number of methoxy groups -OCH3 is 1. The maximum Gasteiger partial charge on any atom is 0.223 e. The molecule has 0 bridgehead atoms. The van der Waals surface area contributed by atoms with E-state index in [-0.39, 0.29) is 23.0 Å². The molecule has 1 heterocycles. The average molecular weight is 438 g/mol. The molecule has 4 nitrogen and oxygen atoms in total. The first kappa shape index (κ1) is 24.2. The lowest BCUT2D eigenvalue weighted by Gasteiger charge is -2.36. The standard InChI is InChI=1S/C28H39NO3/c1-18-12-19(2)17-29(16-18)26(31)15-24(21-8-10-22(11-9-21)28(4,5)6)27-20(3)13-23(32-7)14-25(27)30/h8-11,13-14,18-19,24,30H,12,15-17H2,1-7H3. The predicted molar refractivity (Wildman–Crippen MR) is 131 cm³/mol. The van der Waals surface area contributed by atoms with Gasteiger partial charge in [0.25, 0.3) is 0 Å². The minimum atomic E-state index is -0.213. The van der Waals surface area contributed by atoms with Crippen molar-refractivity contribution in [1.29, 1.82) is 0 Å². The van der Waals surface area contributed by atoms with Crippen LogP contribution in [0.25, 0.3) is 0 Å². The summed E-state index contributed by atoms with van der Waals surface area (Å²) < 4.78 is 5.33. The highest BCUT2D eigenvalue weighted by molar-refractivity contribution is 5.78. The van der Waals surface area contributed by atoms with Crippen molar-refractivity contribution >= 4 is 5.91 Å². The highest BCUT2D eigenvalue weighted by atomic mass is 16.5. The maximum atomic E-state index is 13.4. The van der Waals surface area contributed by atoms with Gasteiger partial charge in [-0.05, 0) is 53.4 Å². The Morgan fingerprint density at radius 3 is 2.22 bits per heavy atom. The topological polar surface area (TPSA) is 49.8 Å². The van der Waals surface area contributed by atoms with E-state index in [0.717, 1.165) is 29.8 Å². The number of benzene rings is 2. The molecule has 2 aromatic carbocycles. The largest absolute Gasteiger partial charge is 0.507 e. The van der Waals surface area contributed by atoms with Crippen LogP contribution in [0.1, 0.15) is 75.6 Å². The van der Waals surface area contributed by atoms with Crippen LogP contribution in [0, 0.1) is 18.8 Å². The molecular formula is C28H39NO3. The predicted octanol–water partition coefficient (Wildman–Crippen LogP) is 6.03. The van der Waals surface area contributed by atoms with Gasteiger partial charge in [-0.2, -0.15) is 0 Å². The van der Waals surface area contributed by atoms with Crippen molar-refractivity contribution in [3.8, 4) is 11.5 Å². The number of carbonyl (C=O) groups excluding carboxylic acids is 1. The quantitative estimate of drug-likeness (QED) is 0.621. The summed E-state index contributed by atoms with van der Waals surface area (Å²) in [5.41, 5.74) is 4.09. The molecule has 0 aliphatic carbocycles. The van der Waals surface area contributed by atoms with E-state index in [1.807, 2.05) is 17.9 Å². The van der Waals surface area contributed by atoms with Crippen LogP contribution in [0.3, 0.4) is 0 Å². The van der Waals surface area contributed by atoms with Crippen molar-refractivity contribution in [3.63, 3.8) is 0 Å². The second kappa shape index (κ2) is 9.56. The molecule has 1 fully saturated rings. The van der Waals surface area contributed by atoms with E-state index in [0.29, 0.717) is 24.0 Å². The molecule has 2 aromatic rings. The number of nitrogens with zero attached hydrogens (tertiary/aromatic N) is 1. The van der Waals surface area contributed by atoms with Gasteiger partial charge < -0.3 is 14.7 Å². The lowest BCUT2D eigenvalue weighted by atomic mass is 9.81. The third-order valence-corrected chi connectivity index (χ3v) is 6.70. The summed E-state index contributed by atoms with van der Waals surface area (Å²) in [4.78, 5) is 15.5. The highest BCUT2D eigenvalue weighted by Crippen LogP contribution is 2.40. The average Bonchev–Trinajstić information content (AvgIpc) is 2.71. The summed E-state index contributed by atoms with van der Waals surface area (Å²) in [5, 5.41) is 10.9. The monoisotopic (exact) mass is 437 g/mol. The zero-order valence-corrected chi connectivity index (χ0v) is 20.7. The molecule has 1 aliphatic rings. The molecule has 1 N–H and O–H groups in total. The van der Waals surface area contributed by atoms with Gasteiger partial charge in [0.15, 0.2) is 0 Å². The van der Waals surface area contributed by atoms with Crippen molar-refractivity contribution in [3.05, 3.63) is 58.7 Å². The van der Waals surface area contributed by atoms with Crippen LogP contribution in [0.4, 0.5) is 0 Å². The summed E-state index contributed by atoms with van der Waals surface area (Å²) in [6.07, 6.45) is 1.51. The molecular weight excluding hydrogens is 398 g/mol. The normalized spacial score (nSPS) is 20.2. The second-order valence-electron chi connectivity index (χ2n) is 10.8. The van der Waals surface area contributed by atoms with E-state index in [1.54, 1.807) is 13.2 Å². The number of carbonyl (C=O) groups is 1. The molecule has 1 amide bonds. The second-order valence-corrected chi connectivity index (χ2v) is 10.8. The zero-order chi connectivity index (χ0) is 23.6. The number of ether oxygens (including phenoxy) is 1. The first-order valence-electron chi connectivity index (χ1n) is 11.7. The van der Waals surface area contributed by atoms with Crippen molar-refractivity contribution in [1.82, 2.24) is 4.90 Å². The molecule has 174 valence electrons. The van der Waals surface area contributed by atoms with Crippen molar-refractivity contribution in [2.45, 2.75) is 65.7 Å². The van der Waals surface area contributed by atoms with E-state index in [4.69, 9.17) is 4.74 Å². The molecule has 0 spiro atoms. The van der Waals surface area contributed by atoms with E-state index >= 15 is 0 Å². The van der Waals surface area contributed by atoms with Gasteiger partial charge >= 0.3 is 0 Å². The first-order chi connectivity index (χ1) is 15.0. The first-order valence-corrected chi connectivity index (χ1v) is 11.7. The van der Waals surface area contributed by atoms with Gasteiger partial charge in [0.1, 0.15) is 11.5 Å². The number of phenolic OH excluding ortho intramolecular Hbond substituents is 1. The Labute approximate surface area is 193 Å². The number of hydrogen-bond acceptors (Lipinski definition) is 3. The molecule has 0 radical (unpaired) electrons. The fourth-order valence-corrected chi connectivity index (χ4v) is 5.09. The molecule has 1 saturated heterocycles. The van der Waals surface area contributed by atoms with Gasteiger partial charge in [0.2, 0.25) is 5.91 Å². The minimum absolute atomic E-state index is 0.0576. The van der Waals surface area contributed by atoms with Crippen molar-refractivity contribution < 1.29 is 14.6 Å².